The zero-order valence-electron chi connectivity index (χ0n) is 19.4. The lowest BCUT2D eigenvalue weighted by Crippen LogP contribution is -2.60. The molecular weight excluding hydrogens is 515 g/mol. The highest BCUT2D eigenvalue weighted by Crippen LogP contribution is 2.50. The largest absolute Gasteiger partial charge is 0.573 e. The Hall–Kier alpha value is -3.37. The van der Waals surface area contributed by atoms with Crippen molar-refractivity contribution in [2.45, 2.75) is 56.1 Å². The molecule has 196 valence electrons. The molecule has 3 fully saturated rings. The third-order valence-electron chi connectivity index (χ3n) is 7.02. The van der Waals surface area contributed by atoms with Crippen LogP contribution in [0.1, 0.15) is 47.8 Å². The fraction of sp³-hybridized carbons (Fsp3) is 0.522. The van der Waals surface area contributed by atoms with Crippen molar-refractivity contribution < 1.29 is 27.5 Å². The van der Waals surface area contributed by atoms with Gasteiger partial charge < -0.3 is 20.7 Å². The van der Waals surface area contributed by atoms with E-state index in [1.807, 2.05) is 0 Å². The van der Waals surface area contributed by atoms with E-state index < -0.39 is 35.5 Å². The SMILES string of the molecule is N#CC1(NC(=O)[C@H](Cc2ccc(OC(F)(F)F)c(Cl)c2)NC(=O)c2cnn(C3CC4(CNC4)C3)n2)CC1. The number of halogens is 4. The molecule has 0 radical (unpaired) electrons. The van der Waals surface area contributed by atoms with Crippen LogP contribution in [0.25, 0.3) is 0 Å². The molecule has 1 atom stereocenters. The van der Waals surface area contributed by atoms with Crippen molar-refractivity contribution in [1.29, 1.82) is 5.26 Å². The van der Waals surface area contributed by atoms with E-state index in [0.717, 1.165) is 32.0 Å². The van der Waals surface area contributed by atoms with Crippen molar-refractivity contribution >= 4 is 23.4 Å². The van der Waals surface area contributed by atoms with Crippen molar-refractivity contribution in [1.82, 2.24) is 30.9 Å². The van der Waals surface area contributed by atoms with Gasteiger partial charge in [-0.15, -0.1) is 18.3 Å². The molecule has 2 heterocycles. The van der Waals surface area contributed by atoms with Gasteiger partial charge in [-0.3, -0.25) is 9.59 Å². The van der Waals surface area contributed by atoms with Gasteiger partial charge in [-0.05, 0) is 48.8 Å². The Bertz CT molecular complexity index is 1260. The van der Waals surface area contributed by atoms with Crippen LogP contribution in [-0.2, 0) is 11.2 Å². The van der Waals surface area contributed by atoms with Gasteiger partial charge in [0, 0.05) is 19.5 Å². The van der Waals surface area contributed by atoms with Gasteiger partial charge in [-0.2, -0.15) is 15.2 Å². The van der Waals surface area contributed by atoms with Gasteiger partial charge >= 0.3 is 6.36 Å². The number of aromatic nitrogens is 3. The molecule has 37 heavy (non-hydrogen) atoms. The number of hydrogen-bond acceptors (Lipinski definition) is 7. The lowest BCUT2D eigenvalue weighted by Gasteiger charge is -2.53. The smallest absolute Gasteiger partial charge is 0.404 e. The fourth-order valence-corrected chi connectivity index (χ4v) is 4.94. The van der Waals surface area contributed by atoms with E-state index in [4.69, 9.17) is 11.6 Å². The molecule has 2 aromatic rings. The number of benzene rings is 1. The second-order valence-electron chi connectivity index (χ2n) is 9.94. The zero-order valence-corrected chi connectivity index (χ0v) is 20.2. The minimum Gasteiger partial charge on any atom is -0.404 e. The number of carbonyl (C=O) groups is 2. The lowest BCUT2D eigenvalue weighted by molar-refractivity contribution is -0.274. The maximum absolute atomic E-state index is 13.0. The summed E-state index contributed by atoms with van der Waals surface area (Å²) in [5.74, 6) is -1.84. The number of amides is 2. The van der Waals surface area contributed by atoms with Crippen molar-refractivity contribution in [2.75, 3.05) is 13.1 Å². The van der Waals surface area contributed by atoms with E-state index in [2.05, 4.69) is 37.0 Å². The van der Waals surface area contributed by atoms with Gasteiger partial charge in [-0.25, -0.2) is 0 Å². The molecule has 3 aliphatic rings. The van der Waals surface area contributed by atoms with Crippen LogP contribution < -0.4 is 20.7 Å². The van der Waals surface area contributed by atoms with Crippen LogP contribution >= 0.6 is 11.6 Å². The summed E-state index contributed by atoms with van der Waals surface area (Å²) in [6.07, 6.45) is -0.874. The van der Waals surface area contributed by atoms with Crippen LogP contribution in [0.15, 0.2) is 24.4 Å². The molecule has 2 amide bonds. The number of nitriles is 1. The Labute approximate surface area is 214 Å². The maximum Gasteiger partial charge on any atom is 0.573 e. The molecule has 1 spiro atoms. The average Bonchev–Trinajstić information content (AvgIpc) is 3.37. The van der Waals surface area contributed by atoms with E-state index in [-0.39, 0.29) is 23.2 Å². The first-order chi connectivity index (χ1) is 17.5. The highest BCUT2D eigenvalue weighted by Gasteiger charge is 2.50. The molecule has 1 aromatic carbocycles. The second kappa shape index (κ2) is 9.18. The van der Waals surface area contributed by atoms with Crippen LogP contribution in [0.5, 0.6) is 5.75 Å². The summed E-state index contributed by atoms with van der Waals surface area (Å²) in [5.41, 5.74) is -0.286. The summed E-state index contributed by atoms with van der Waals surface area (Å²) in [5, 5.41) is 26.0. The van der Waals surface area contributed by atoms with Crippen molar-refractivity contribution in [3.63, 3.8) is 0 Å². The van der Waals surface area contributed by atoms with Crippen molar-refractivity contribution in [3.8, 4) is 11.8 Å². The number of nitrogens with zero attached hydrogens (tertiary/aromatic N) is 4. The normalized spacial score (nSPS) is 20.2. The summed E-state index contributed by atoms with van der Waals surface area (Å²) < 4.78 is 41.5. The summed E-state index contributed by atoms with van der Waals surface area (Å²) in [6.45, 7) is 1.93. The van der Waals surface area contributed by atoms with Crippen LogP contribution in [0.4, 0.5) is 13.2 Å². The van der Waals surface area contributed by atoms with Crippen molar-refractivity contribution in [2.24, 2.45) is 5.41 Å². The highest BCUT2D eigenvalue weighted by molar-refractivity contribution is 6.32. The van der Waals surface area contributed by atoms with Crippen molar-refractivity contribution in [3.05, 3.63) is 40.7 Å². The number of ether oxygens (including phenoxy) is 1. The molecule has 3 N–H and O–H groups in total. The number of carbonyl (C=O) groups excluding carboxylic acids is 2. The Morgan fingerprint density at radius 3 is 2.62 bits per heavy atom. The van der Waals surface area contributed by atoms with Crippen LogP contribution in [0.3, 0.4) is 0 Å². The molecule has 5 rings (SSSR count). The minimum atomic E-state index is -4.91. The molecule has 2 aliphatic carbocycles. The summed E-state index contributed by atoms with van der Waals surface area (Å²) >= 11 is 5.94. The van der Waals surface area contributed by atoms with Gasteiger partial charge in [0.15, 0.2) is 5.69 Å². The monoisotopic (exact) mass is 537 g/mol. The molecule has 0 unspecified atom stereocenters. The first-order valence-corrected chi connectivity index (χ1v) is 12.1. The predicted molar refractivity (Wildman–Crippen MR) is 122 cm³/mol. The third-order valence-corrected chi connectivity index (χ3v) is 7.31. The Morgan fingerprint density at radius 1 is 1.32 bits per heavy atom. The van der Waals surface area contributed by atoms with E-state index in [1.54, 1.807) is 0 Å². The Morgan fingerprint density at radius 2 is 2.05 bits per heavy atom. The molecule has 2 saturated carbocycles. The molecule has 1 aromatic heterocycles. The van der Waals surface area contributed by atoms with Gasteiger partial charge in [-0.1, -0.05) is 17.7 Å². The summed E-state index contributed by atoms with van der Waals surface area (Å²) in [4.78, 5) is 27.5. The summed E-state index contributed by atoms with van der Waals surface area (Å²) in [7, 11) is 0. The predicted octanol–water partition coefficient (Wildman–Crippen LogP) is 2.27. The van der Waals surface area contributed by atoms with E-state index in [9.17, 15) is 28.0 Å². The number of hydrogen-bond donors (Lipinski definition) is 3. The van der Waals surface area contributed by atoms with Crippen LogP contribution in [0.2, 0.25) is 5.02 Å². The van der Waals surface area contributed by atoms with Gasteiger partial charge in [0.05, 0.1) is 23.3 Å². The molecular formula is C23H23ClF3N7O3. The quantitative estimate of drug-likeness (QED) is 0.470. The standard InChI is InChI=1S/C23H23ClF3N7O3/c24-15-5-13(1-2-18(15)37-23(25,26)27)6-16(20(36)32-22(10-28)3-4-22)31-19(35)17-9-30-34(33-17)14-7-21(8-14)11-29-12-21/h1-2,5,9,14,16,29H,3-4,6-8,11-12H2,(H,31,35)(H,32,36)/t16-/m0/s1. The molecule has 14 heteroatoms. The van der Waals surface area contributed by atoms with Crippen LogP contribution in [-0.4, -0.2) is 57.8 Å². The van der Waals surface area contributed by atoms with E-state index in [0.29, 0.717) is 23.8 Å². The Balaban J connectivity index is 1.28. The number of alkyl halides is 3. The molecule has 10 nitrogen and oxygen atoms in total. The fourth-order valence-electron chi connectivity index (χ4n) is 4.69. The first kappa shape index (κ1) is 25.3. The molecule has 1 aliphatic heterocycles. The number of rotatable bonds is 8. The lowest BCUT2D eigenvalue weighted by atomic mass is 9.62. The number of nitrogens with one attached hydrogen (secondary N) is 3. The zero-order chi connectivity index (χ0) is 26.4. The second-order valence-corrected chi connectivity index (χ2v) is 10.3. The van der Waals surface area contributed by atoms with Crippen LogP contribution in [0, 0.1) is 16.7 Å². The Kier molecular flexibility index (Phi) is 6.27. The van der Waals surface area contributed by atoms with Gasteiger partial charge in [0.25, 0.3) is 5.91 Å². The first-order valence-electron chi connectivity index (χ1n) is 11.7. The molecule has 0 bridgehead atoms. The topological polar surface area (TPSA) is 134 Å². The maximum atomic E-state index is 13.0. The highest BCUT2D eigenvalue weighted by atomic mass is 35.5. The van der Waals surface area contributed by atoms with E-state index >= 15 is 0 Å². The average molecular weight is 538 g/mol. The third kappa shape index (κ3) is 5.50. The van der Waals surface area contributed by atoms with Gasteiger partial charge in [0.1, 0.15) is 17.3 Å². The van der Waals surface area contributed by atoms with E-state index in [1.165, 1.54) is 23.1 Å². The van der Waals surface area contributed by atoms with Gasteiger partial charge in [0.2, 0.25) is 5.91 Å². The molecule has 1 saturated heterocycles. The summed E-state index contributed by atoms with van der Waals surface area (Å²) in [6, 6.07) is 4.58. The minimum absolute atomic E-state index is 0.0267.